The van der Waals surface area contributed by atoms with E-state index in [0.717, 1.165) is 37.3 Å². The van der Waals surface area contributed by atoms with Gasteiger partial charge >= 0.3 is 0 Å². The summed E-state index contributed by atoms with van der Waals surface area (Å²) < 4.78 is 0. The molecule has 0 N–H and O–H groups in total. The SMILES string of the molecule is Cc1ncsc1CN(C)CCCc1nc(CCl)cs1. The van der Waals surface area contributed by atoms with Crippen LogP contribution in [-0.4, -0.2) is 28.5 Å². The van der Waals surface area contributed by atoms with Gasteiger partial charge in [-0.1, -0.05) is 0 Å². The number of rotatable bonds is 7. The lowest BCUT2D eigenvalue weighted by molar-refractivity contribution is 0.324. The highest BCUT2D eigenvalue weighted by molar-refractivity contribution is 7.10. The van der Waals surface area contributed by atoms with Crippen molar-refractivity contribution >= 4 is 34.3 Å². The molecule has 2 rings (SSSR count). The molecular formula is C13H18ClN3S2. The van der Waals surface area contributed by atoms with Crippen molar-refractivity contribution in [2.24, 2.45) is 0 Å². The zero-order valence-corrected chi connectivity index (χ0v) is 13.6. The first-order valence-electron chi connectivity index (χ1n) is 6.25. The summed E-state index contributed by atoms with van der Waals surface area (Å²) >= 11 is 9.20. The Balaban J connectivity index is 1.72. The highest BCUT2D eigenvalue weighted by atomic mass is 35.5. The molecule has 2 aromatic heterocycles. The molecule has 2 aromatic rings. The molecule has 0 aliphatic rings. The highest BCUT2D eigenvalue weighted by Crippen LogP contribution is 2.16. The van der Waals surface area contributed by atoms with Crippen LogP contribution < -0.4 is 0 Å². The molecule has 0 saturated carbocycles. The van der Waals surface area contributed by atoms with Crippen LogP contribution in [0.4, 0.5) is 0 Å². The minimum absolute atomic E-state index is 0.515. The molecule has 0 atom stereocenters. The second-order valence-electron chi connectivity index (χ2n) is 4.57. The van der Waals surface area contributed by atoms with Crippen molar-refractivity contribution in [1.29, 1.82) is 0 Å². The van der Waals surface area contributed by atoms with Crippen LogP contribution in [0.15, 0.2) is 10.9 Å². The van der Waals surface area contributed by atoms with E-state index in [0.29, 0.717) is 5.88 Å². The summed E-state index contributed by atoms with van der Waals surface area (Å²) in [5, 5.41) is 3.24. The van der Waals surface area contributed by atoms with Gasteiger partial charge in [-0.15, -0.1) is 34.3 Å². The second kappa shape index (κ2) is 7.33. The fourth-order valence-corrected chi connectivity index (χ4v) is 3.75. The smallest absolute Gasteiger partial charge is 0.0929 e. The minimum Gasteiger partial charge on any atom is -0.301 e. The maximum atomic E-state index is 5.75. The monoisotopic (exact) mass is 315 g/mol. The lowest BCUT2D eigenvalue weighted by Crippen LogP contribution is -2.19. The molecule has 0 aromatic carbocycles. The second-order valence-corrected chi connectivity index (χ2v) is 6.72. The van der Waals surface area contributed by atoms with Gasteiger partial charge in [-0.25, -0.2) is 9.97 Å². The number of hydrogen-bond donors (Lipinski definition) is 0. The molecule has 0 saturated heterocycles. The van der Waals surface area contributed by atoms with Crippen LogP contribution in [0, 0.1) is 6.92 Å². The average Bonchev–Trinajstić information content (AvgIpc) is 2.99. The van der Waals surface area contributed by atoms with E-state index in [-0.39, 0.29) is 0 Å². The summed E-state index contributed by atoms with van der Waals surface area (Å²) in [4.78, 5) is 12.5. The van der Waals surface area contributed by atoms with E-state index >= 15 is 0 Å². The number of hydrogen-bond acceptors (Lipinski definition) is 5. The molecule has 19 heavy (non-hydrogen) atoms. The lowest BCUT2D eigenvalue weighted by Gasteiger charge is -2.15. The third kappa shape index (κ3) is 4.53. The average molecular weight is 316 g/mol. The Labute approximate surface area is 127 Å². The van der Waals surface area contributed by atoms with Crippen molar-refractivity contribution in [3.63, 3.8) is 0 Å². The number of nitrogens with zero attached hydrogens (tertiary/aromatic N) is 3. The Bertz CT molecular complexity index is 509. The Kier molecular flexibility index (Phi) is 5.76. The first kappa shape index (κ1) is 14.9. The molecule has 0 fully saturated rings. The van der Waals surface area contributed by atoms with Gasteiger partial charge in [-0.05, 0) is 26.9 Å². The molecule has 0 radical (unpaired) electrons. The minimum atomic E-state index is 0.515. The van der Waals surface area contributed by atoms with E-state index in [2.05, 4.69) is 28.8 Å². The quantitative estimate of drug-likeness (QED) is 0.729. The predicted octanol–water partition coefficient (Wildman–Crippen LogP) is 3.71. The summed E-state index contributed by atoms with van der Waals surface area (Å²) in [5.74, 6) is 0.515. The van der Waals surface area contributed by atoms with Gasteiger partial charge in [0.25, 0.3) is 0 Å². The van der Waals surface area contributed by atoms with E-state index in [4.69, 9.17) is 11.6 Å². The molecule has 6 heteroatoms. The summed E-state index contributed by atoms with van der Waals surface area (Å²) in [6.07, 6.45) is 2.16. The number of halogens is 1. The summed E-state index contributed by atoms with van der Waals surface area (Å²) in [6.45, 7) is 4.14. The van der Waals surface area contributed by atoms with E-state index in [1.165, 1.54) is 9.88 Å². The van der Waals surface area contributed by atoms with Crippen molar-refractivity contribution in [3.05, 3.63) is 32.2 Å². The van der Waals surface area contributed by atoms with Gasteiger partial charge in [0.15, 0.2) is 0 Å². The van der Waals surface area contributed by atoms with E-state index in [9.17, 15) is 0 Å². The zero-order valence-electron chi connectivity index (χ0n) is 11.2. The topological polar surface area (TPSA) is 29.0 Å². The molecular weight excluding hydrogens is 298 g/mol. The van der Waals surface area contributed by atoms with Gasteiger partial charge < -0.3 is 4.90 Å². The predicted molar refractivity (Wildman–Crippen MR) is 83.2 cm³/mol. The Morgan fingerprint density at radius 2 is 2.21 bits per heavy atom. The van der Waals surface area contributed by atoms with Crippen molar-refractivity contribution < 1.29 is 0 Å². The van der Waals surface area contributed by atoms with Gasteiger partial charge in [-0.3, -0.25) is 0 Å². The molecule has 2 heterocycles. The standard InChI is InChI=1S/C13H18ClN3S2/c1-10-12(19-9-15-10)7-17(2)5-3-4-13-16-11(6-14)8-18-13/h8-9H,3-7H2,1-2H3. The van der Waals surface area contributed by atoms with Crippen LogP contribution in [0.2, 0.25) is 0 Å². The van der Waals surface area contributed by atoms with Crippen LogP contribution in [0.25, 0.3) is 0 Å². The zero-order chi connectivity index (χ0) is 13.7. The van der Waals surface area contributed by atoms with Crippen LogP contribution in [-0.2, 0) is 18.8 Å². The molecule has 3 nitrogen and oxygen atoms in total. The number of aromatic nitrogens is 2. The van der Waals surface area contributed by atoms with Crippen LogP contribution in [0.5, 0.6) is 0 Å². The maximum Gasteiger partial charge on any atom is 0.0929 e. The number of alkyl halides is 1. The number of aryl methyl sites for hydroxylation is 2. The Morgan fingerprint density at radius 1 is 1.37 bits per heavy atom. The fraction of sp³-hybridized carbons (Fsp3) is 0.538. The fourth-order valence-electron chi connectivity index (χ4n) is 1.83. The third-order valence-electron chi connectivity index (χ3n) is 2.93. The molecule has 0 aliphatic heterocycles. The molecule has 0 bridgehead atoms. The summed E-state index contributed by atoms with van der Waals surface area (Å²) in [6, 6.07) is 0. The maximum absolute atomic E-state index is 5.75. The van der Waals surface area contributed by atoms with E-state index in [1.54, 1.807) is 22.7 Å². The van der Waals surface area contributed by atoms with Gasteiger partial charge in [0.05, 0.1) is 27.8 Å². The normalized spacial score (nSPS) is 11.4. The van der Waals surface area contributed by atoms with E-state index < -0.39 is 0 Å². The molecule has 0 aliphatic carbocycles. The molecule has 0 amide bonds. The summed E-state index contributed by atoms with van der Waals surface area (Å²) in [7, 11) is 2.16. The van der Waals surface area contributed by atoms with Gasteiger partial charge in [0.1, 0.15) is 0 Å². The molecule has 0 unspecified atom stereocenters. The third-order valence-corrected chi connectivity index (χ3v) is 5.08. The van der Waals surface area contributed by atoms with Gasteiger partial charge in [0, 0.05) is 23.2 Å². The van der Waals surface area contributed by atoms with Crippen molar-refractivity contribution in [3.8, 4) is 0 Å². The Hall–Kier alpha value is -0.490. The van der Waals surface area contributed by atoms with E-state index in [1.807, 2.05) is 10.9 Å². The van der Waals surface area contributed by atoms with Gasteiger partial charge in [0.2, 0.25) is 0 Å². The first-order valence-corrected chi connectivity index (χ1v) is 8.55. The van der Waals surface area contributed by atoms with Crippen molar-refractivity contribution in [2.45, 2.75) is 32.2 Å². The largest absolute Gasteiger partial charge is 0.301 e. The van der Waals surface area contributed by atoms with Crippen LogP contribution in [0.3, 0.4) is 0 Å². The van der Waals surface area contributed by atoms with Crippen LogP contribution in [0.1, 0.15) is 27.7 Å². The number of thiazole rings is 2. The summed E-state index contributed by atoms with van der Waals surface area (Å²) in [5.41, 5.74) is 4.07. The first-order chi connectivity index (χ1) is 9.19. The van der Waals surface area contributed by atoms with Crippen LogP contribution >= 0.6 is 34.3 Å². The molecule has 0 spiro atoms. The lowest BCUT2D eigenvalue weighted by atomic mass is 10.3. The van der Waals surface area contributed by atoms with Gasteiger partial charge in [-0.2, -0.15) is 0 Å². The molecule has 104 valence electrons. The van der Waals surface area contributed by atoms with Crippen molar-refractivity contribution in [1.82, 2.24) is 14.9 Å². The van der Waals surface area contributed by atoms with Crippen molar-refractivity contribution in [2.75, 3.05) is 13.6 Å². The Morgan fingerprint density at radius 3 is 2.84 bits per heavy atom. The highest BCUT2D eigenvalue weighted by Gasteiger charge is 2.06.